The molecule has 1 unspecified atom stereocenters. The van der Waals surface area contributed by atoms with E-state index < -0.39 is 0 Å². The minimum absolute atomic E-state index is 0.0218. The predicted molar refractivity (Wildman–Crippen MR) is 215 cm³/mol. The maximum absolute atomic E-state index is 13.1. The van der Waals surface area contributed by atoms with Gasteiger partial charge in [-0.2, -0.15) is 0 Å². The Morgan fingerprint density at radius 2 is 1.55 bits per heavy atom. The number of carbonyl (C=O) groups is 1. The number of unbranched alkanes of at least 4 members (excludes halogenated alkanes) is 2. The number of aryl methyl sites for hydroxylation is 1. The molecule has 0 amide bonds. The van der Waals surface area contributed by atoms with Gasteiger partial charge in [0.15, 0.2) is 0 Å². The molecular weight excluding hydrogens is 621 g/mol. The molecule has 8 rings (SSSR count). The van der Waals surface area contributed by atoms with Crippen LogP contribution in [0.25, 0.3) is 32.3 Å². The number of allylic oxidation sites excluding steroid dienone is 1. The van der Waals surface area contributed by atoms with Crippen molar-refractivity contribution in [2.75, 3.05) is 0 Å². The molecule has 0 heterocycles. The van der Waals surface area contributed by atoms with E-state index in [1.807, 2.05) is 0 Å². The van der Waals surface area contributed by atoms with E-state index in [4.69, 9.17) is 4.74 Å². The lowest BCUT2D eigenvalue weighted by Gasteiger charge is -2.58. The highest BCUT2D eigenvalue weighted by molar-refractivity contribution is 6.23. The summed E-state index contributed by atoms with van der Waals surface area (Å²) in [7, 11) is 0. The van der Waals surface area contributed by atoms with Crippen LogP contribution in [0.4, 0.5) is 0 Å². The van der Waals surface area contributed by atoms with Crippen molar-refractivity contribution in [3.05, 3.63) is 71.8 Å². The highest BCUT2D eigenvalue weighted by Crippen LogP contribution is 2.67. The molecule has 4 aromatic carbocycles. The maximum Gasteiger partial charge on any atom is 0.306 e. The summed E-state index contributed by atoms with van der Waals surface area (Å²) >= 11 is 0. The van der Waals surface area contributed by atoms with Gasteiger partial charge < -0.3 is 4.74 Å². The fraction of sp³-hybridized carbons (Fsp3) is 0.612. The van der Waals surface area contributed by atoms with Gasteiger partial charge >= 0.3 is 5.97 Å². The van der Waals surface area contributed by atoms with Crippen molar-refractivity contribution in [3.63, 3.8) is 0 Å². The molecule has 0 bridgehead atoms. The average Bonchev–Trinajstić information content (AvgIpc) is 3.48. The molecule has 0 radical (unpaired) electrons. The van der Waals surface area contributed by atoms with Crippen molar-refractivity contribution >= 4 is 38.3 Å². The third kappa shape index (κ3) is 6.44. The molecule has 0 saturated heterocycles. The Morgan fingerprint density at radius 3 is 2.35 bits per heavy atom. The van der Waals surface area contributed by atoms with E-state index >= 15 is 0 Å². The Hall–Kier alpha value is -2.87. The summed E-state index contributed by atoms with van der Waals surface area (Å²) in [6.45, 7) is 12.6. The maximum atomic E-state index is 13.1. The zero-order valence-corrected chi connectivity index (χ0v) is 32.4. The normalized spacial score (nSPS) is 31.1. The Labute approximate surface area is 308 Å². The molecule has 3 fully saturated rings. The summed E-state index contributed by atoms with van der Waals surface area (Å²) in [5, 5.41) is 8.17. The van der Waals surface area contributed by atoms with Gasteiger partial charge in [0.1, 0.15) is 6.10 Å². The molecule has 4 aromatic rings. The summed E-state index contributed by atoms with van der Waals surface area (Å²) in [6, 6.07) is 20.4. The number of esters is 1. The first-order chi connectivity index (χ1) is 24.7. The molecule has 3 saturated carbocycles. The molecule has 0 N–H and O–H groups in total. The van der Waals surface area contributed by atoms with E-state index in [1.165, 1.54) is 95.7 Å². The molecule has 4 aliphatic rings. The van der Waals surface area contributed by atoms with Crippen molar-refractivity contribution in [2.24, 2.45) is 46.3 Å². The molecule has 51 heavy (non-hydrogen) atoms. The molecule has 2 nitrogen and oxygen atoms in total. The number of fused-ring (bicyclic) bond motifs is 5. The van der Waals surface area contributed by atoms with E-state index in [1.54, 1.807) is 5.57 Å². The minimum atomic E-state index is 0.0218. The average molecular weight is 685 g/mol. The lowest BCUT2D eigenvalue weighted by Crippen LogP contribution is -2.51. The molecule has 8 atom stereocenters. The Morgan fingerprint density at radius 1 is 0.784 bits per heavy atom. The van der Waals surface area contributed by atoms with Crippen molar-refractivity contribution < 1.29 is 9.53 Å². The van der Waals surface area contributed by atoms with Crippen molar-refractivity contribution in [1.82, 2.24) is 0 Å². The van der Waals surface area contributed by atoms with E-state index in [0.717, 1.165) is 74.0 Å². The van der Waals surface area contributed by atoms with Gasteiger partial charge in [0.25, 0.3) is 0 Å². The van der Waals surface area contributed by atoms with Gasteiger partial charge in [-0.25, -0.2) is 0 Å². The van der Waals surface area contributed by atoms with Gasteiger partial charge in [-0.15, -0.1) is 0 Å². The third-order valence-electron chi connectivity index (χ3n) is 15.5. The summed E-state index contributed by atoms with van der Waals surface area (Å²) in [4.78, 5) is 13.1. The van der Waals surface area contributed by atoms with Gasteiger partial charge in [-0.1, -0.05) is 127 Å². The number of ether oxygens (including phenoxy) is 1. The highest BCUT2D eigenvalue weighted by Gasteiger charge is 2.59. The van der Waals surface area contributed by atoms with Crippen LogP contribution in [0, 0.1) is 46.3 Å². The Bertz CT molecular complexity index is 1870. The van der Waals surface area contributed by atoms with Crippen LogP contribution in [0.2, 0.25) is 0 Å². The van der Waals surface area contributed by atoms with Gasteiger partial charge in [-0.3, -0.25) is 4.79 Å². The fourth-order valence-corrected chi connectivity index (χ4v) is 12.8. The number of hydrogen-bond acceptors (Lipinski definition) is 2. The second-order valence-corrected chi connectivity index (χ2v) is 18.8. The van der Waals surface area contributed by atoms with E-state index in [9.17, 15) is 4.79 Å². The van der Waals surface area contributed by atoms with Gasteiger partial charge in [-0.05, 0) is 148 Å². The first kappa shape index (κ1) is 35.2. The smallest absolute Gasteiger partial charge is 0.306 e. The van der Waals surface area contributed by atoms with Crippen LogP contribution in [0.15, 0.2) is 66.2 Å². The van der Waals surface area contributed by atoms with Crippen LogP contribution in [-0.2, 0) is 16.0 Å². The van der Waals surface area contributed by atoms with E-state index in [2.05, 4.69) is 95.3 Å². The number of hydrogen-bond donors (Lipinski definition) is 0. The minimum Gasteiger partial charge on any atom is -0.462 e. The Kier molecular flexibility index (Phi) is 9.77. The lowest BCUT2D eigenvalue weighted by molar-refractivity contribution is -0.151. The third-order valence-corrected chi connectivity index (χ3v) is 15.5. The summed E-state index contributed by atoms with van der Waals surface area (Å²) < 4.78 is 6.20. The lowest BCUT2D eigenvalue weighted by atomic mass is 9.47. The SMILES string of the molecule is CC(C)CCC[C@@H](C)C1CC[C@H]2[C@@H]3CC=C4C[C@@H](OC(=O)CCCCCc5ccc6ccc7cccc8ccc5c6c78)CC[C@]4(C)[C@H]3CC[C@]12C. The first-order valence-electron chi connectivity index (χ1n) is 21.2. The highest BCUT2D eigenvalue weighted by atomic mass is 16.5. The monoisotopic (exact) mass is 684 g/mol. The van der Waals surface area contributed by atoms with Gasteiger partial charge in [0, 0.05) is 12.8 Å². The zero-order chi connectivity index (χ0) is 35.3. The number of benzene rings is 4. The fourth-order valence-electron chi connectivity index (χ4n) is 12.8. The van der Waals surface area contributed by atoms with E-state index in [0.29, 0.717) is 17.3 Å². The van der Waals surface area contributed by atoms with Crippen LogP contribution < -0.4 is 0 Å². The summed E-state index contributed by atoms with van der Waals surface area (Å²) in [6.07, 6.45) is 21.8. The molecular formula is C49H64O2. The van der Waals surface area contributed by atoms with Crippen LogP contribution in [-0.4, -0.2) is 12.1 Å². The van der Waals surface area contributed by atoms with Crippen LogP contribution in [0.5, 0.6) is 0 Å². The second kappa shape index (κ2) is 14.2. The Balaban J connectivity index is 0.822. The van der Waals surface area contributed by atoms with Crippen LogP contribution in [0.3, 0.4) is 0 Å². The first-order valence-corrected chi connectivity index (χ1v) is 21.2. The molecule has 0 aromatic heterocycles. The van der Waals surface area contributed by atoms with Crippen molar-refractivity contribution in [2.45, 2.75) is 143 Å². The standard InChI is InChI=1S/C49H64O2/c1-32(2)11-9-12-33(3)42-25-26-43-41-24-22-38-31-39(27-29-48(38,4)44(41)28-30-49(42,43)5)51-45(50)16-8-6-7-13-34-17-18-37-20-19-35-14-10-15-36-21-23-40(34)47(37)46(35)36/h10,14-15,17-23,32-33,39,41-44H,6-9,11-13,16,24-31H2,1-5H3/t33-,39+,41+,42?,43+,44+,48+,49-/m1/s1. The van der Waals surface area contributed by atoms with Crippen molar-refractivity contribution in [1.29, 1.82) is 0 Å². The largest absolute Gasteiger partial charge is 0.462 e. The zero-order valence-electron chi connectivity index (χ0n) is 32.4. The molecule has 4 aliphatic carbocycles. The second-order valence-electron chi connectivity index (χ2n) is 18.8. The van der Waals surface area contributed by atoms with Crippen molar-refractivity contribution in [3.8, 4) is 0 Å². The molecule has 0 aliphatic heterocycles. The molecule has 2 heteroatoms. The van der Waals surface area contributed by atoms with E-state index in [-0.39, 0.29) is 12.1 Å². The molecule has 0 spiro atoms. The quantitative estimate of drug-likeness (QED) is 0.0642. The number of rotatable bonds is 12. The van der Waals surface area contributed by atoms with Gasteiger partial charge in [0.2, 0.25) is 0 Å². The molecule has 272 valence electrons. The summed E-state index contributed by atoms with van der Waals surface area (Å²) in [5.41, 5.74) is 3.90. The summed E-state index contributed by atoms with van der Waals surface area (Å²) in [5.74, 6) is 5.19. The van der Waals surface area contributed by atoms with Gasteiger partial charge in [0.05, 0.1) is 0 Å². The topological polar surface area (TPSA) is 26.3 Å². The number of carbonyl (C=O) groups excluding carboxylic acids is 1. The predicted octanol–water partition coefficient (Wildman–Crippen LogP) is 13.6. The van der Waals surface area contributed by atoms with Crippen LogP contribution >= 0.6 is 0 Å². The van der Waals surface area contributed by atoms with Crippen LogP contribution in [0.1, 0.15) is 136 Å².